The van der Waals surface area contributed by atoms with E-state index in [9.17, 15) is 9.59 Å². The first-order valence-electron chi connectivity index (χ1n) is 9.76. The van der Waals surface area contributed by atoms with Crippen LogP contribution in [0.1, 0.15) is 48.9 Å². The molecule has 0 spiro atoms. The number of amides is 1. The minimum absolute atomic E-state index is 0.216. The zero-order valence-corrected chi connectivity index (χ0v) is 17.1. The van der Waals surface area contributed by atoms with Crippen LogP contribution in [0.15, 0.2) is 12.1 Å². The molecule has 4 N–H and O–H groups in total. The third kappa shape index (κ3) is 6.87. The Hall–Kier alpha value is -1.99. The lowest BCUT2D eigenvalue weighted by atomic mass is 9.92. The van der Waals surface area contributed by atoms with E-state index in [4.69, 9.17) is 27.2 Å². The molecule has 0 aliphatic carbocycles. The first-order chi connectivity index (χ1) is 13.4. The van der Waals surface area contributed by atoms with Gasteiger partial charge in [0.1, 0.15) is 5.75 Å². The fraction of sp³-hybridized carbons (Fsp3) is 0.600. The Balaban J connectivity index is 1.66. The molecular formula is C20H30ClN3O4. The summed E-state index contributed by atoms with van der Waals surface area (Å²) in [6.07, 6.45) is 5.20. The number of nitrogens with one attached hydrogen (secondary N) is 1. The number of carbonyl (C=O) groups excluding carboxylic acids is 1. The van der Waals surface area contributed by atoms with Crippen molar-refractivity contribution in [3.8, 4) is 5.75 Å². The molecule has 8 heteroatoms. The minimum Gasteiger partial charge on any atom is -0.496 e. The molecule has 7 nitrogen and oxygen atoms in total. The molecule has 1 aromatic carbocycles. The van der Waals surface area contributed by atoms with Crippen LogP contribution in [-0.2, 0) is 4.79 Å². The molecule has 0 saturated carbocycles. The number of anilines is 1. The number of hydrogen-bond donors (Lipinski definition) is 3. The summed E-state index contributed by atoms with van der Waals surface area (Å²) in [4.78, 5) is 25.3. The van der Waals surface area contributed by atoms with Crippen molar-refractivity contribution in [1.82, 2.24) is 10.2 Å². The molecule has 1 amide bonds. The second-order valence-corrected chi connectivity index (χ2v) is 7.66. The van der Waals surface area contributed by atoms with Gasteiger partial charge in [-0.25, -0.2) is 0 Å². The summed E-state index contributed by atoms with van der Waals surface area (Å²) in [6, 6.07) is 3.09. The zero-order chi connectivity index (χ0) is 20.5. The number of nitrogens with two attached hydrogens (primary N) is 1. The third-order valence-corrected chi connectivity index (χ3v) is 5.54. The highest BCUT2D eigenvalue weighted by Crippen LogP contribution is 2.28. The lowest BCUT2D eigenvalue weighted by Crippen LogP contribution is -2.35. The molecule has 1 aromatic rings. The van der Waals surface area contributed by atoms with Crippen LogP contribution in [0.4, 0.5) is 5.69 Å². The number of carboxylic acid groups (broad SMARTS) is 1. The lowest BCUT2D eigenvalue weighted by molar-refractivity contribution is -0.137. The Bertz CT molecular complexity index is 676. The van der Waals surface area contributed by atoms with Crippen molar-refractivity contribution in [2.75, 3.05) is 39.0 Å². The molecule has 1 aliphatic rings. The maximum absolute atomic E-state index is 12.4. The van der Waals surface area contributed by atoms with E-state index in [0.29, 0.717) is 40.9 Å². The van der Waals surface area contributed by atoms with Gasteiger partial charge in [-0.05, 0) is 63.7 Å². The van der Waals surface area contributed by atoms with E-state index >= 15 is 0 Å². The van der Waals surface area contributed by atoms with Gasteiger partial charge in [0.05, 0.1) is 23.4 Å². The van der Waals surface area contributed by atoms with Gasteiger partial charge >= 0.3 is 5.97 Å². The highest BCUT2D eigenvalue weighted by molar-refractivity contribution is 6.33. The second-order valence-electron chi connectivity index (χ2n) is 7.25. The van der Waals surface area contributed by atoms with Gasteiger partial charge in [-0.3, -0.25) is 9.59 Å². The van der Waals surface area contributed by atoms with Crippen LogP contribution in [0.3, 0.4) is 0 Å². The summed E-state index contributed by atoms with van der Waals surface area (Å²) in [7, 11) is 1.49. The molecule has 0 radical (unpaired) electrons. The number of methoxy groups -OCH3 is 1. The molecule has 0 unspecified atom stereocenters. The van der Waals surface area contributed by atoms with Crippen LogP contribution in [0.25, 0.3) is 0 Å². The number of carboxylic acids is 1. The molecule has 1 fully saturated rings. The van der Waals surface area contributed by atoms with E-state index in [1.165, 1.54) is 13.2 Å². The smallest absolute Gasteiger partial charge is 0.303 e. The van der Waals surface area contributed by atoms with Gasteiger partial charge in [0.2, 0.25) is 0 Å². The average molecular weight is 412 g/mol. The Labute approximate surface area is 171 Å². The van der Waals surface area contributed by atoms with Gasteiger partial charge in [0.15, 0.2) is 0 Å². The van der Waals surface area contributed by atoms with Crippen LogP contribution >= 0.6 is 11.6 Å². The van der Waals surface area contributed by atoms with Crippen LogP contribution in [0, 0.1) is 5.92 Å². The van der Waals surface area contributed by atoms with E-state index in [2.05, 4.69) is 10.2 Å². The topological polar surface area (TPSA) is 105 Å². The SMILES string of the molecule is COc1cc(N)c(Cl)cc1C(=O)NCCCC1CCN(CCCC(=O)O)CC1. The van der Waals surface area contributed by atoms with Crippen molar-refractivity contribution in [2.45, 2.75) is 38.5 Å². The first-order valence-corrected chi connectivity index (χ1v) is 10.1. The number of ether oxygens (including phenoxy) is 1. The predicted octanol–water partition coefficient (Wildman–Crippen LogP) is 3.02. The summed E-state index contributed by atoms with van der Waals surface area (Å²) in [5.74, 6) is 0.130. The van der Waals surface area contributed by atoms with Gasteiger partial charge in [0.25, 0.3) is 5.91 Å². The number of benzene rings is 1. The van der Waals surface area contributed by atoms with E-state index in [-0.39, 0.29) is 12.3 Å². The number of aliphatic carboxylic acids is 1. The van der Waals surface area contributed by atoms with Crippen molar-refractivity contribution in [1.29, 1.82) is 0 Å². The number of rotatable bonds is 10. The average Bonchev–Trinajstić information content (AvgIpc) is 2.67. The van der Waals surface area contributed by atoms with E-state index < -0.39 is 5.97 Å². The molecule has 1 aliphatic heterocycles. The first kappa shape index (κ1) is 22.3. The fourth-order valence-corrected chi connectivity index (χ4v) is 3.72. The fourth-order valence-electron chi connectivity index (χ4n) is 3.56. The zero-order valence-electron chi connectivity index (χ0n) is 16.4. The summed E-state index contributed by atoms with van der Waals surface area (Å²) < 4.78 is 5.22. The normalized spacial score (nSPS) is 15.4. The number of hydrogen-bond acceptors (Lipinski definition) is 5. The molecule has 0 bridgehead atoms. The van der Waals surface area contributed by atoms with Gasteiger partial charge in [-0.2, -0.15) is 0 Å². The molecule has 0 aromatic heterocycles. The number of nitrogen functional groups attached to an aromatic ring is 1. The molecule has 28 heavy (non-hydrogen) atoms. The van der Waals surface area contributed by atoms with Crippen LogP contribution < -0.4 is 15.8 Å². The van der Waals surface area contributed by atoms with Crippen molar-refractivity contribution in [2.24, 2.45) is 5.92 Å². The van der Waals surface area contributed by atoms with Crippen molar-refractivity contribution in [3.63, 3.8) is 0 Å². The molecule has 1 saturated heterocycles. The monoisotopic (exact) mass is 411 g/mol. The largest absolute Gasteiger partial charge is 0.496 e. The Morgan fingerprint density at radius 1 is 1.32 bits per heavy atom. The van der Waals surface area contributed by atoms with Crippen LogP contribution in [-0.4, -0.2) is 55.2 Å². The maximum Gasteiger partial charge on any atom is 0.303 e. The number of nitrogens with zero attached hydrogens (tertiary/aromatic N) is 1. The third-order valence-electron chi connectivity index (χ3n) is 5.21. The second kappa shape index (κ2) is 11.1. The van der Waals surface area contributed by atoms with Gasteiger partial charge in [-0.15, -0.1) is 0 Å². The number of piperidine rings is 1. The van der Waals surface area contributed by atoms with E-state index in [0.717, 1.165) is 45.3 Å². The molecule has 0 atom stereocenters. The molecule has 2 rings (SSSR count). The van der Waals surface area contributed by atoms with Gasteiger partial charge < -0.3 is 25.8 Å². The Morgan fingerprint density at radius 3 is 2.68 bits per heavy atom. The quantitative estimate of drug-likeness (QED) is 0.403. The highest BCUT2D eigenvalue weighted by Gasteiger charge is 2.19. The van der Waals surface area contributed by atoms with Crippen molar-refractivity contribution in [3.05, 3.63) is 22.7 Å². The number of likely N-dealkylation sites (tertiary alicyclic amines) is 1. The molecular weight excluding hydrogens is 382 g/mol. The minimum atomic E-state index is -0.726. The van der Waals surface area contributed by atoms with Gasteiger partial charge in [-0.1, -0.05) is 11.6 Å². The molecule has 156 valence electrons. The van der Waals surface area contributed by atoms with E-state index in [1.54, 1.807) is 6.07 Å². The van der Waals surface area contributed by atoms with Crippen LogP contribution in [0.5, 0.6) is 5.75 Å². The Kier molecular flexibility index (Phi) is 8.86. The summed E-state index contributed by atoms with van der Waals surface area (Å²) >= 11 is 6.02. The predicted molar refractivity (Wildman–Crippen MR) is 110 cm³/mol. The summed E-state index contributed by atoms with van der Waals surface area (Å²) in [5.41, 5.74) is 6.51. The van der Waals surface area contributed by atoms with Crippen molar-refractivity contribution >= 4 is 29.2 Å². The van der Waals surface area contributed by atoms with Crippen molar-refractivity contribution < 1.29 is 19.4 Å². The lowest BCUT2D eigenvalue weighted by Gasteiger charge is -2.31. The maximum atomic E-state index is 12.4. The van der Waals surface area contributed by atoms with Crippen LogP contribution in [0.2, 0.25) is 5.02 Å². The Morgan fingerprint density at radius 2 is 2.04 bits per heavy atom. The number of carbonyl (C=O) groups is 2. The summed E-state index contributed by atoms with van der Waals surface area (Å²) in [5, 5.41) is 12.0. The number of halogens is 1. The van der Waals surface area contributed by atoms with Gasteiger partial charge in [0, 0.05) is 19.0 Å². The van der Waals surface area contributed by atoms with E-state index in [1.807, 2.05) is 0 Å². The highest BCUT2D eigenvalue weighted by atomic mass is 35.5. The summed E-state index contributed by atoms with van der Waals surface area (Å²) in [6.45, 7) is 3.51. The molecule has 1 heterocycles. The standard InChI is InChI=1S/C20H30ClN3O4/c1-28-18-13-17(22)16(21)12-15(18)20(27)23-8-2-4-14-6-10-24(11-7-14)9-3-5-19(25)26/h12-14H,2-11,22H2,1H3,(H,23,27)(H,25,26).